The molecule has 0 aromatic carbocycles. The summed E-state index contributed by atoms with van der Waals surface area (Å²) in [6.07, 6.45) is 2.77. The molecule has 1 aliphatic heterocycles. The van der Waals surface area contributed by atoms with E-state index in [1.54, 1.807) is 11.3 Å². The number of nitrogens with two attached hydrogens (primary N) is 1. The van der Waals surface area contributed by atoms with Gasteiger partial charge in [-0.15, -0.1) is 0 Å². The van der Waals surface area contributed by atoms with Crippen LogP contribution in [0, 0.1) is 5.92 Å². The number of thiophene rings is 1. The van der Waals surface area contributed by atoms with Crippen molar-refractivity contribution in [2.45, 2.75) is 32.2 Å². The number of piperidine rings is 1. The van der Waals surface area contributed by atoms with Crippen LogP contribution in [0.3, 0.4) is 0 Å². The average molecular weight is 252 g/mol. The first-order valence-electron chi connectivity index (χ1n) is 6.21. The highest BCUT2D eigenvalue weighted by Crippen LogP contribution is 2.22. The molecule has 1 aliphatic rings. The third kappa shape index (κ3) is 3.07. The molecule has 0 radical (unpaired) electrons. The number of carbonyl (C=O) groups is 1. The molecule has 4 heteroatoms. The SMILES string of the molecule is CC1CCC(CN)CN1C(=O)Cc1ccsc1. The lowest BCUT2D eigenvalue weighted by Gasteiger charge is -2.37. The van der Waals surface area contributed by atoms with Crippen LogP contribution in [0.1, 0.15) is 25.3 Å². The summed E-state index contributed by atoms with van der Waals surface area (Å²) in [6.45, 7) is 3.66. The van der Waals surface area contributed by atoms with Crippen LogP contribution in [0.2, 0.25) is 0 Å². The van der Waals surface area contributed by atoms with Gasteiger partial charge in [-0.2, -0.15) is 11.3 Å². The summed E-state index contributed by atoms with van der Waals surface area (Å²) >= 11 is 1.64. The van der Waals surface area contributed by atoms with E-state index in [1.165, 1.54) is 0 Å². The lowest BCUT2D eigenvalue weighted by Crippen LogP contribution is -2.47. The molecule has 0 saturated carbocycles. The molecule has 3 nitrogen and oxygen atoms in total. The first kappa shape index (κ1) is 12.6. The fourth-order valence-electron chi connectivity index (χ4n) is 2.39. The van der Waals surface area contributed by atoms with Gasteiger partial charge in [-0.05, 0) is 54.6 Å². The third-order valence-electron chi connectivity index (χ3n) is 3.57. The van der Waals surface area contributed by atoms with E-state index in [0.29, 0.717) is 24.9 Å². The lowest BCUT2D eigenvalue weighted by atomic mass is 9.93. The number of amides is 1. The van der Waals surface area contributed by atoms with E-state index in [0.717, 1.165) is 24.9 Å². The van der Waals surface area contributed by atoms with Crippen molar-refractivity contribution in [3.05, 3.63) is 22.4 Å². The highest BCUT2D eigenvalue weighted by atomic mass is 32.1. The smallest absolute Gasteiger partial charge is 0.227 e. The standard InChI is InChI=1S/C13H20N2OS/c1-10-2-3-12(7-14)8-15(10)13(16)6-11-4-5-17-9-11/h4-5,9-10,12H,2-3,6-8,14H2,1H3. The molecule has 2 heterocycles. The highest BCUT2D eigenvalue weighted by molar-refractivity contribution is 7.07. The predicted octanol–water partition coefficient (Wildman–Crippen LogP) is 1.88. The molecule has 2 rings (SSSR count). The van der Waals surface area contributed by atoms with Crippen molar-refractivity contribution in [1.82, 2.24) is 4.90 Å². The zero-order valence-electron chi connectivity index (χ0n) is 10.3. The van der Waals surface area contributed by atoms with Crippen molar-refractivity contribution in [3.8, 4) is 0 Å². The molecule has 0 bridgehead atoms. The van der Waals surface area contributed by atoms with E-state index < -0.39 is 0 Å². The van der Waals surface area contributed by atoms with E-state index in [2.05, 4.69) is 6.92 Å². The molecule has 2 N–H and O–H groups in total. The summed E-state index contributed by atoms with van der Waals surface area (Å²) in [6, 6.07) is 2.39. The Balaban J connectivity index is 1.97. The van der Waals surface area contributed by atoms with E-state index >= 15 is 0 Å². The van der Waals surface area contributed by atoms with Gasteiger partial charge in [0.15, 0.2) is 0 Å². The van der Waals surface area contributed by atoms with Gasteiger partial charge in [0.2, 0.25) is 5.91 Å². The number of nitrogens with zero attached hydrogens (tertiary/aromatic N) is 1. The molecule has 1 fully saturated rings. The van der Waals surface area contributed by atoms with E-state index in [1.807, 2.05) is 21.7 Å². The number of hydrogen-bond acceptors (Lipinski definition) is 3. The molecule has 1 amide bonds. The molecule has 0 aliphatic carbocycles. The predicted molar refractivity (Wildman–Crippen MR) is 71.0 cm³/mol. The van der Waals surface area contributed by atoms with Crippen LogP contribution in [-0.4, -0.2) is 29.9 Å². The second kappa shape index (κ2) is 5.65. The highest BCUT2D eigenvalue weighted by Gasteiger charge is 2.28. The summed E-state index contributed by atoms with van der Waals surface area (Å²) < 4.78 is 0. The Bertz CT molecular complexity index is 364. The normalized spacial score (nSPS) is 24.9. The molecular formula is C13H20N2OS. The Kier molecular flexibility index (Phi) is 4.18. The minimum absolute atomic E-state index is 0.244. The Hall–Kier alpha value is -0.870. The van der Waals surface area contributed by atoms with Crippen LogP contribution in [0.5, 0.6) is 0 Å². The monoisotopic (exact) mass is 252 g/mol. The maximum Gasteiger partial charge on any atom is 0.227 e. The molecule has 0 spiro atoms. The molecule has 1 saturated heterocycles. The van der Waals surface area contributed by atoms with Gasteiger partial charge in [-0.25, -0.2) is 0 Å². The first-order chi connectivity index (χ1) is 8.20. The minimum atomic E-state index is 0.244. The van der Waals surface area contributed by atoms with Crippen LogP contribution in [-0.2, 0) is 11.2 Å². The van der Waals surface area contributed by atoms with Crippen LogP contribution in [0.4, 0.5) is 0 Å². The van der Waals surface area contributed by atoms with E-state index in [-0.39, 0.29) is 5.91 Å². The zero-order valence-corrected chi connectivity index (χ0v) is 11.1. The second-order valence-corrected chi connectivity index (χ2v) is 5.66. The van der Waals surface area contributed by atoms with Crippen molar-refractivity contribution in [1.29, 1.82) is 0 Å². The largest absolute Gasteiger partial charge is 0.339 e. The van der Waals surface area contributed by atoms with E-state index in [4.69, 9.17) is 5.73 Å². The van der Waals surface area contributed by atoms with Gasteiger partial charge < -0.3 is 10.6 Å². The number of carbonyl (C=O) groups excluding carboxylic acids is 1. The van der Waals surface area contributed by atoms with Gasteiger partial charge in [0, 0.05) is 12.6 Å². The molecule has 1 aromatic rings. The summed E-state index contributed by atoms with van der Waals surface area (Å²) in [5, 5.41) is 4.07. The van der Waals surface area contributed by atoms with Crippen LogP contribution in [0.15, 0.2) is 16.8 Å². The van der Waals surface area contributed by atoms with Gasteiger partial charge in [0.25, 0.3) is 0 Å². The van der Waals surface area contributed by atoms with Crippen molar-refractivity contribution in [2.75, 3.05) is 13.1 Å². The average Bonchev–Trinajstić information content (AvgIpc) is 2.82. The summed E-state index contributed by atoms with van der Waals surface area (Å²) in [5.41, 5.74) is 6.84. The number of rotatable bonds is 3. The lowest BCUT2D eigenvalue weighted by molar-refractivity contribution is -0.134. The Morgan fingerprint density at radius 1 is 1.59 bits per heavy atom. The van der Waals surface area contributed by atoms with Crippen molar-refractivity contribution < 1.29 is 4.79 Å². The molecule has 94 valence electrons. The van der Waals surface area contributed by atoms with Crippen molar-refractivity contribution in [2.24, 2.45) is 11.7 Å². The van der Waals surface area contributed by atoms with Gasteiger partial charge >= 0.3 is 0 Å². The minimum Gasteiger partial charge on any atom is -0.339 e. The summed E-state index contributed by atoms with van der Waals surface area (Å²) in [4.78, 5) is 14.2. The Morgan fingerprint density at radius 2 is 2.41 bits per heavy atom. The second-order valence-electron chi connectivity index (χ2n) is 4.88. The number of hydrogen-bond donors (Lipinski definition) is 1. The molecule has 1 aromatic heterocycles. The van der Waals surface area contributed by atoms with Gasteiger partial charge in [-0.3, -0.25) is 4.79 Å². The molecule has 2 atom stereocenters. The van der Waals surface area contributed by atoms with Gasteiger partial charge in [0.05, 0.1) is 6.42 Å². The molecular weight excluding hydrogens is 232 g/mol. The first-order valence-corrected chi connectivity index (χ1v) is 7.15. The van der Waals surface area contributed by atoms with Crippen molar-refractivity contribution >= 4 is 17.2 Å². The Labute approximate surface area is 107 Å². The van der Waals surface area contributed by atoms with Gasteiger partial charge in [0.1, 0.15) is 0 Å². The quantitative estimate of drug-likeness (QED) is 0.892. The zero-order chi connectivity index (χ0) is 12.3. The number of likely N-dealkylation sites (tertiary alicyclic amines) is 1. The summed E-state index contributed by atoms with van der Waals surface area (Å²) in [5.74, 6) is 0.728. The van der Waals surface area contributed by atoms with Crippen LogP contribution < -0.4 is 5.73 Å². The fourth-order valence-corrected chi connectivity index (χ4v) is 3.06. The Morgan fingerprint density at radius 3 is 3.06 bits per heavy atom. The third-order valence-corrected chi connectivity index (χ3v) is 4.30. The van der Waals surface area contributed by atoms with Crippen LogP contribution >= 0.6 is 11.3 Å². The summed E-state index contributed by atoms with van der Waals surface area (Å²) in [7, 11) is 0. The van der Waals surface area contributed by atoms with Crippen molar-refractivity contribution in [3.63, 3.8) is 0 Å². The van der Waals surface area contributed by atoms with E-state index in [9.17, 15) is 4.79 Å². The molecule has 2 unspecified atom stereocenters. The maximum atomic E-state index is 12.2. The van der Waals surface area contributed by atoms with Gasteiger partial charge in [-0.1, -0.05) is 0 Å². The molecule has 17 heavy (non-hydrogen) atoms. The fraction of sp³-hybridized carbons (Fsp3) is 0.615. The maximum absolute atomic E-state index is 12.2. The van der Waals surface area contributed by atoms with Crippen LogP contribution in [0.25, 0.3) is 0 Å². The topological polar surface area (TPSA) is 46.3 Å².